The minimum absolute atomic E-state index is 0.160. The molecule has 0 fully saturated rings. The van der Waals surface area contributed by atoms with Gasteiger partial charge < -0.3 is 4.90 Å². The normalized spacial score (nSPS) is 18.8. The minimum atomic E-state index is -0.160. The lowest BCUT2D eigenvalue weighted by Gasteiger charge is -2.15. The molecule has 0 N–H and O–H groups in total. The second-order valence-corrected chi connectivity index (χ2v) is 1.80. The number of likely N-dealkylation sites (N-methyl/N-ethyl adjacent to an activating group) is 1. The lowest BCUT2D eigenvalue weighted by Crippen LogP contribution is -2.16. The van der Waals surface area contributed by atoms with Crippen molar-refractivity contribution in [3.8, 4) is 0 Å². The van der Waals surface area contributed by atoms with Crippen LogP contribution in [0.5, 0.6) is 0 Å². The van der Waals surface area contributed by atoms with Gasteiger partial charge in [-0.1, -0.05) is 12.2 Å². The van der Waals surface area contributed by atoms with Crippen LogP contribution in [-0.4, -0.2) is 18.5 Å². The third-order valence-corrected chi connectivity index (χ3v) is 1.11. The van der Waals surface area contributed by atoms with Crippen LogP contribution in [0.2, 0.25) is 0 Å². The molecule has 0 aliphatic carbocycles. The molecule has 2 heteroatoms. The van der Waals surface area contributed by atoms with Crippen LogP contribution in [0.1, 0.15) is 0 Å². The minimum Gasteiger partial charge on any atom is -0.348 e. The lowest BCUT2D eigenvalue weighted by atomic mass is 10.4. The van der Waals surface area contributed by atoms with Gasteiger partial charge in [0.05, 0.1) is 0 Å². The smallest absolute Gasteiger partial charge is 0.189 e. The molecule has 44 valence electrons. The third kappa shape index (κ3) is 0.886. The van der Waals surface area contributed by atoms with Gasteiger partial charge in [0.2, 0.25) is 0 Å². The molecule has 1 aliphatic heterocycles. The van der Waals surface area contributed by atoms with Crippen LogP contribution in [0, 0.1) is 0 Å². The quantitative estimate of drug-likeness (QED) is 0.428. The first kappa shape index (κ1) is 5.35. The highest BCUT2D eigenvalue weighted by Crippen LogP contribution is 2.06. The van der Waals surface area contributed by atoms with Gasteiger partial charge in [-0.25, -0.2) is 0 Å². The van der Waals surface area contributed by atoms with Gasteiger partial charge in [-0.05, 0) is 6.08 Å². The van der Waals surface area contributed by atoms with Gasteiger partial charge in [0.25, 0.3) is 0 Å². The molecule has 1 nitrogen and oxygen atoms in total. The Kier molecular flexibility index (Phi) is 1.33. The molecule has 1 rings (SSSR count). The Bertz CT molecular complexity index is 137. The number of allylic oxidation sites excluding steroid dienone is 2. The fourth-order valence-corrected chi connectivity index (χ4v) is 0.581. The molecule has 1 aliphatic rings. The van der Waals surface area contributed by atoms with E-state index >= 15 is 0 Å². The standard InChI is InChI=1S/C6H8FN/c1-8-5-3-2-4-6(8)7/h2-4H,5H2,1H3. The Hall–Kier alpha value is -0.790. The average Bonchev–Trinajstić information content (AvgIpc) is 1.77. The number of hydrogen-bond acceptors (Lipinski definition) is 1. The van der Waals surface area contributed by atoms with Gasteiger partial charge in [0.15, 0.2) is 5.95 Å². The van der Waals surface area contributed by atoms with Gasteiger partial charge in [-0.2, -0.15) is 4.39 Å². The Morgan fingerprint density at radius 3 is 2.88 bits per heavy atom. The van der Waals surface area contributed by atoms with E-state index in [1.165, 1.54) is 6.08 Å². The lowest BCUT2D eigenvalue weighted by molar-refractivity contribution is 0.342. The number of hydrogen-bond donors (Lipinski definition) is 0. The van der Waals surface area contributed by atoms with Crippen LogP contribution in [0.25, 0.3) is 0 Å². The van der Waals surface area contributed by atoms with Crippen molar-refractivity contribution < 1.29 is 4.39 Å². The molecule has 0 spiro atoms. The Labute approximate surface area is 48.1 Å². The molecule has 0 aromatic carbocycles. The molecule has 0 aromatic heterocycles. The Balaban J connectivity index is 2.66. The summed E-state index contributed by atoms with van der Waals surface area (Å²) in [7, 11) is 1.72. The number of rotatable bonds is 0. The molecular formula is C6H8FN. The second-order valence-electron chi connectivity index (χ2n) is 1.80. The largest absolute Gasteiger partial charge is 0.348 e. The summed E-state index contributed by atoms with van der Waals surface area (Å²) in [6.07, 6.45) is 5.07. The van der Waals surface area contributed by atoms with Gasteiger partial charge in [0, 0.05) is 13.6 Å². The van der Waals surface area contributed by atoms with Crippen molar-refractivity contribution in [1.29, 1.82) is 0 Å². The molecule has 0 saturated carbocycles. The molecule has 8 heavy (non-hydrogen) atoms. The fraction of sp³-hybridized carbons (Fsp3) is 0.333. The van der Waals surface area contributed by atoms with Crippen molar-refractivity contribution in [2.45, 2.75) is 0 Å². The van der Waals surface area contributed by atoms with E-state index in [1.54, 1.807) is 18.0 Å². The van der Waals surface area contributed by atoms with Crippen LogP contribution >= 0.6 is 0 Å². The highest BCUT2D eigenvalue weighted by Gasteiger charge is 2.01. The summed E-state index contributed by atoms with van der Waals surface area (Å²) in [4.78, 5) is 1.54. The second kappa shape index (κ2) is 1.99. The molecule has 0 radical (unpaired) electrons. The van der Waals surface area contributed by atoms with Crippen LogP contribution < -0.4 is 0 Å². The zero-order valence-corrected chi connectivity index (χ0v) is 4.76. The third-order valence-electron chi connectivity index (χ3n) is 1.11. The van der Waals surface area contributed by atoms with E-state index in [9.17, 15) is 4.39 Å². The zero-order chi connectivity index (χ0) is 5.98. The SMILES string of the molecule is CN1CC=CC=C1F. The molecule has 0 saturated heterocycles. The van der Waals surface area contributed by atoms with E-state index in [-0.39, 0.29) is 5.95 Å². The van der Waals surface area contributed by atoms with Gasteiger partial charge in [0.1, 0.15) is 0 Å². The van der Waals surface area contributed by atoms with E-state index in [0.717, 1.165) is 0 Å². The molecule has 0 atom stereocenters. The Morgan fingerprint density at radius 1 is 1.75 bits per heavy atom. The van der Waals surface area contributed by atoms with Crippen molar-refractivity contribution in [2.24, 2.45) is 0 Å². The average molecular weight is 113 g/mol. The molecule has 0 unspecified atom stereocenters. The van der Waals surface area contributed by atoms with Crippen molar-refractivity contribution in [3.05, 3.63) is 24.2 Å². The maximum absolute atomic E-state index is 12.3. The van der Waals surface area contributed by atoms with Crippen LogP contribution in [-0.2, 0) is 0 Å². The zero-order valence-electron chi connectivity index (χ0n) is 4.76. The highest BCUT2D eigenvalue weighted by atomic mass is 19.1. The monoisotopic (exact) mass is 113 g/mol. The van der Waals surface area contributed by atoms with Crippen LogP contribution in [0.3, 0.4) is 0 Å². The van der Waals surface area contributed by atoms with Gasteiger partial charge in [-0.15, -0.1) is 0 Å². The maximum atomic E-state index is 12.3. The van der Waals surface area contributed by atoms with Crippen molar-refractivity contribution in [1.82, 2.24) is 4.90 Å². The molecule has 1 heterocycles. The van der Waals surface area contributed by atoms with Gasteiger partial charge >= 0.3 is 0 Å². The summed E-state index contributed by atoms with van der Waals surface area (Å²) >= 11 is 0. The predicted molar refractivity (Wildman–Crippen MR) is 31.0 cm³/mol. The van der Waals surface area contributed by atoms with E-state index < -0.39 is 0 Å². The van der Waals surface area contributed by atoms with Crippen LogP contribution in [0.15, 0.2) is 24.2 Å². The summed E-state index contributed by atoms with van der Waals surface area (Å²) in [5.41, 5.74) is 0. The number of halogens is 1. The highest BCUT2D eigenvalue weighted by molar-refractivity contribution is 5.11. The van der Waals surface area contributed by atoms with E-state index in [0.29, 0.717) is 6.54 Å². The van der Waals surface area contributed by atoms with Gasteiger partial charge in [-0.3, -0.25) is 0 Å². The maximum Gasteiger partial charge on any atom is 0.189 e. The van der Waals surface area contributed by atoms with E-state index in [1.807, 2.05) is 6.08 Å². The Morgan fingerprint density at radius 2 is 2.50 bits per heavy atom. The summed E-state index contributed by atoms with van der Waals surface area (Å²) in [5, 5.41) is 0. The molecule has 0 amide bonds. The first-order chi connectivity index (χ1) is 3.80. The summed E-state index contributed by atoms with van der Waals surface area (Å²) < 4.78 is 12.3. The summed E-state index contributed by atoms with van der Waals surface area (Å²) in [6.45, 7) is 0.683. The first-order valence-corrected chi connectivity index (χ1v) is 2.54. The van der Waals surface area contributed by atoms with E-state index in [2.05, 4.69) is 0 Å². The van der Waals surface area contributed by atoms with Crippen LogP contribution in [0.4, 0.5) is 4.39 Å². The molecule has 0 bridgehead atoms. The topological polar surface area (TPSA) is 3.24 Å². The van der Waals surface area contributed by atoms with Crippen molar-refractivity contribution in [2.75, 3.05) is 13.6 Å². The fourth-order valence-electron chi connectivity index (χ4n) is 0.581. The number of nitrogens with zero attached hydrogens (tertiary/aromatic N) is 1. The van der Waals surface area contributed by atoms with E-state index in [4.69, 9.17) is 0 Å². The molecular weight excluding hydrogens is 105 g/mol. The predicted octanol–water partition coefficient (Wildman–Crippen LogP) is 1.30. The summed E-state index contributed by atoms with van der Waals surface area (Å²) in [5.74, 6) is -0.160. The molecule has 0 aromatic rings. The van der Waals surface area contributed by atoms with Crippen molar-refractivity contribution in [3.63, 3.8) is 0 Å². The summed E-state index contributed by atoms with van der Waals surface area (Å²) in [6, 6.07) is 0. The van der Waals surface area contributed by atoms with Crippen molar-refractivity contribution >= 4 is 0 Å². The first-order valence-electron chi connectivity index (χ1n) is 2.54.